The average Bonchev–Trinajstić information content (AvgIpc) is 3.10. The van der Waals surface area contributed by atoms with Crippen molar-refractivity contribution in [1.29, 1.82) is 0 Å². The number of rotatable bonds is 9. The highest BCUT2D eigenvalue weighted by Crippen LogP contribution is 2.28. The fraction of sp³-hybridized carbons (Fsp3) is 0.348. The molecule has 0 saturated carbocycles. The number of unbranched alkanes of at least 4 members (excludes halogenated alkanes) is 2. The lowest BCUT2D eigenvalue weighted by atomic mass is 10.1. The second-order valence-corrected chi connectivity index (χ2v) is 8.19. The molecule has 0 N–H and O–H groups in total. The number of benzene rings is 2. The number of methoxy groups -OCH3 is 1. The minimum atomic E-state index is -0.133. The van der Waals surface area contributed by atoms with Gasteiger partial charge in [0.2, 0.25) is 0 Å². The van der Waals surface area contributed by atoms with Crippen molar-refractivity contribution in [3.8, 4) is 0 Å². The molecule has 142 valence electrons. The molecular weight excluding hydrogens is 354 g/mol. The van der Waals surface area contributed by atoms with E-state index in [-0.39, 0.29) is 11.2 Å². The van der Waals surface area contributed by atoms with Gasteiger partial charge in [0.15, 0.2) is 0 Å². The van der Waals surface area contributed by atoms with Crippen molar-refractivity contribution in [3.63, 3.8) is 0 Å². The Morgan fingerprint density at radius 1 is 1.00 bits per heavy atom. The number of ether oxygens (including phenoxy) is 1. The molecule has 3 aromatic rings. The SMILES string of the molecule is COC(=O)C(CCCCCn1cc2ccccc2c1)Sc1ccc(C)cc1. The Morgan fingerprint density at radius 3 is 2.30 bits per heavy atom. The first-order valence-corrected chi connectivity index (χ1v) is 10.4. The van der Waals surface area contributed by atoms with Gasteiger partial charge in [0, 0.05) is 23.8 Å². The molecule has 0 spiro atoms. The third kappa shape index (κ3) is 5.64. The lowest BCUT2D eigenvalue weighted by molar-refractivity contribution is -0.140. The number of hydrogen-bond acceptors (Lipinski definition) is 3. The van der Waals surface area contributed by atoms with Crippen LogP contribution in [0.2, 0.25) is 0 Å². The quantitative estimate of drug-likeness (QED) is 0.265. The Balaban J connectivity index is 1.45. The molecule has 4 heteroatoms. The zero-order valence-electron chi connectivity index (χ0n) is 16.1. The second kappa shape index (κ2) is 9.65. The number of fused-ring (bicyclic) bond motifs is 1. The molecule has 1 heterocycles. The van der Waals surface area contributed by atoms with E-state index in [2.05, 4.69) is 72.4 Å². The molecule has 0 radical (unpaired) electrons. The number of carbonyl (C=O) groups excluding carboxylic acids is 1. The molecule has 0 aliphatic carbocycles. The molecule has 1 unspecified atom stereocenters. The molecule has 1 aromatic heterocycles. The molecule has 1 atom stereocenters. The van der Waals surface area contributed by atoms with Crippen molar-refractivity contribution in [3.05, 3.63) is 66.5 Å². The van der Waals surface area contributed by atoms with Crippen molar-refractivity contribution in [2.45, 2.75) is 49.3 Å². The molecule has 0 aliphatic rings. The topological polar surface area (TPSA) is 31.2 Å². The zero-order chi connectivity index (χ0) is 19.1. The summed E-state index contributed by atoms with van der Waals surface area (Å²) >= 11 is 1.61. The summed E-state index contributed by atoms with van der Waals surface area (Å²) in [5.74, 6) is -0.128. The third-order valence-corrected chi connectivity index (χ3v) is 6.01. The summed E-state index contributed by atoms with van der Waals surface area (Å²) < 4.78 is 7.27. The van der Waals surface area contributed by atoms with E-state index in [4.69, 9.17) is 4.74 Å². The van der Waals surface area contributed by atoms with E-state index in [1.54, 1.807) is 11.8 Å². The Morgan fingerprint density at radius 2 is 1.67 bits per heavy atom. The Labute approximate surface area is 165 Å². The summed E-state index contributed by atoms with van der Waals surface area (Å²) in [4.78, 5) is 13.2. The average molecular weight is 382 g/mol. The van der Waals surface area contributed by atoms with Gasteiger partial charge in [-0.05, 0) is 42.7 Å². The van der Waals surface area contributed by atoms with Crippen LogP contribution in [0.15, 0.2) is 65.8 Å². The standard InChI is InChI=1S/C23H27NO2S/c1-18-11-13-21(14-12-18)27-22(23(25)26-2)10-4-3-7-15-24-16-19-8-5-6-9-20(19)17-24/h5-6,8-9,11-14,16-17,22H,3-4,7,10,15H2,1-2H3. The highest BCUT2D eigenvalue weighted by Gasteiger charge is 2.20. The summed E-state index contributed by atoms with van der Waals surface area (Å²) in [6.45, 7) is 3.09. The fourth-order valence-electron chi connectivity index (χ4n) is 3.21. The summed E-state index contributed by atoms with van der Waals surface area (Å²) in [6, 6.07) is 16.8. The number of aromatic nitrogens is 1. The largest absolute Gasteiger partial charge is 0.468 e. The number of thioether (sulfide) groups is 1. The van der Waals surface area contributed by atoms with Gasteiger partial charge in [0.05, 0.1) is 7.11 Å². The third-order valence-electron chi connectivity index (χ3n) is 4.75. The van der Waals surface area contributed by atoms with Crippen LogP contribution in [0, 0.1) is 6.92 Å². The van der Waals surface area contributed by atoms with Crippen LogP contribution in [0.25, 0.3) is 10.8 Å². The van der Waals surface area contributed by atoms with Gasteiger partial charge >= 0.3 is 5.97 Å². The van der Waals surface area contributed by atoms with Crippen molar-refractivity contribution < 1.29 is 9.53 Å². The van der Waals surface area contributed by atoms with Crippen molar-refractivity contribution in [2.75, 3.05) is 7.11 Å². The smallest absolute Gasteiger partial charge is 0.319 e. The first-order chi connectivity index (χ1) is 13.2. The molecule has 0 fully saturated rings. The normalized spacial score (nSPS) is 12.2. The zero-order valence-corrected chi connectivity index (χ0v) is 16.9. The predicted octanol–water partition coefficient (Wildman–Crippen LogP) is 5.84. The van der Waals surface area contributed by atoms with E-state index in [0.717, 1.165) is 37.1 Å². The van der Waals surface area contributed by atoms with Crippen LogP contribution in [0.4, 0.5) is 0 Å². The molecule has 3 nitrogen and oxygen atoms in total. The Kier molecular flexibility index (Phi) is 6.99. The molecule has 3 rings (SSSR count). The van der Waals surface area contributed by atoms with Gasteiger partial charge in [-0.15, -0.1) is 11.8 Å². The maximum absolute atomic E-state index is 12.1. The van der Waals surface area contributed by atoms with Gasteiger partial charge in [-0.1, -0.05) is 54.8 Å². The van der Waals surface area contributed by atoms with Gasteiger partial charge in [-0.25, -0.2) is 0 Å². The van der Waals surface area contributed by atoms with Crippen molar-refractivity contribution in [2.24, 2.45) is 0 Å². The monoisotopic (exact) mass is 381 g/mol. The maximum Gasteiger partial charge on any atom is 0.319 e. The van der Waals surface area contributed by atoms with E-state index in [0.29, 0.717) is 0 Å². The summed E-state index contributed by atoms with van der Waals surface area (Å²) in [5, 5.41) is 2.45. The Hall–Kier alpha value is -2.20. The first kappa shape index (κ1) is 19.6. The highest BCUT2D eigenvalue weighted by molar-refractivity contribution is 8.00. The predicted molar refractivity (Wildman–Crippen MR) is 113 cm³/mol. The molecule has 0 aliphatic heterocycles. The molecular formula is C23H27NO2S. The second-order valence-electron chi connectivity index (χ2n) is 6.92. The van der Waals surface area contributed by atoms with Crippen LogP contribution in [0.3, 0.4) is 0 Å². The van der Waals surface area contributed by atoms with Crippen LogP contribution in [-0.4, -0.2) is 22.9 Å². The number of nitrogens with zero attached hydrogens (tertiary/aromatic N) is 1. The maximum atomic E-state index is 12.1. The molecule has 0 bridgehead atoms. The minimum Gasteiger partial charge on any atom is -0.468 e. The van der Waals surface area contributed by atoms with E-state index in [9.17, 15) is 4.79 Å². The molecule has 2 aromatic carbocycles. The van der Waals surface area contributed by atoms with Gasteiger partial charge in [-0.3, -0.25) is 4.79 Å². The molecule has 27 heavy (non-hydrogen) atoms. The lowest BCUT2D eigenvalue weighted by Gasteiger charge is -2.14. The van der Waals surface area contributed by atoms with Crippen molar-refractivity contribution >= 4 is 28.5 Å². The van der Waals surface area contributed by atoms with Crippen molar-refractivity contribution in [1.82, 2.24) is 4.57 Å². The number of carbonyl (C=O) groups is 1. The van der Waals surface area contributed by atoms with Crippen LogP contribution < -0.4 is 0 Å². The van der Waals surface area contributed by atoms with E-state index < -0.39 is 0 Å². The van der Waals surface area contributed by atoms with E-state index in [1.807, 2.05) is 0 Å². The summed E-state index contributed by atoms with van der Waals surface area (Å²) in [6.07, 6.45) is 8.51. The molecule has 0 amide bonds. The Bertz CT molecular complexity index is 836. The van der Waals surface area contributed by atoms with Gasteiger partial charge < -0.3 is 9.30 Å². The number of aryl methyl sites for hydroxylation is 2. The molecule has 0 saturated heterocycles. The minimum absolute atomic E-state index is 0.128. The van der Waals surface area contributed by atoms with Gasteiger partial charge in [-0.2, -0.15) is 0 Å². The number of hydrogen-bond donors (Lipinski definition) is 0. The van der Waals surface area contributed by atoms with Crippen LogP contribution in [0.1, 0.15) is 31.2 Å². The summed E-state index contributed by atoms with van der Waals surface area (Å²) in [7, 11) is 1.47. The van der Waals surface area contributed by atoms with Crippen LogP contribution in [-0.2, 0) is 16.1 Å². The van der Waals surface area contributed by atoms with Crippen LogP contribution >= 0.6 is 11.8 Å². The van der Waals surface area contributed by atoms with E-state index >= 15 is 0 Å². The highest BCUT2D eigenvalue weighted by atomic mass is 32.2. The lowest BCUT2D eigenvalue weighted by Crippen LogP contribution is -2.18. The van der Waals surface area contributed by atoms with Gasteiger partial charge in [0.25, 0.3) is 0 Å². The van der Waals surface area contributed by atoms with E-state index in [1.165, 1.54) is 23.4 Å². The van der Waals surface area contributed by atoms with Crippen LogP contribution in [0.5, 0.6) is 0 Å². The summed E-state index contributed by atoms with van der Waals surface area (Å²) in [5.41, 5.74) is 1.23. The van der Waals surface area contributed by atoms with Gasteiger partial charge in [0.1, 0.15) is 5.25 Å². The first-order valence-electron chi connectivity index (χ1n) is 9.51. The number of esters is 1. The fourth-order valence-corrected chi connectivity index (χ4v) is 4.31.